The van der Waals surface area contributed by atoms with Crippen LogP contribution in [0.5, 0.6) is 0 Å². The van der Waals surface area contributed by atoms with Crippen molar-refractivity contribution in [2.24, 2.45) is 0 Å². The zero-order valence-electron chi connectivity index (χ0n) is 13.1. The van der Waals surface area contributed by atoms with E-state index in [1.165, 1.54) is 0 Å². The molecule has 0 saturated heterocycles. The number of carbonyl (C=O) groups excluding carboxylic acids is 1. The molecule has 22 heavy (non-hydrogen) atoms. The van der Waals surface area contributed by atoms with Crippen molar-refractivity contribution < 1.29 is 29.8 Å². The minimum absolute atomic E-state index is 0.195. The summed E-state index contributed by atoms with van der Waals surface area (Å²) in [6.45, 7) is 4.64. The summed E-state index contributed by atoms with van der Waals surface area (Å²) in [6, 6.07) is -1.06. The van der Waals surface area contributed by atoms with Crippen molar-refractivity contribution >= 4 is 17.8 Å². The summed E-state index contributed by atoms with van der Waals surface area (Å²) in [5.74, 6) is -1.16. The molecule has 0 rings (SSSR count). The molecule has 0 radical (unpaired) electrons. The van der Waals surface area contributed by atoms with Crippen molar-refractivity contribution in [2.45, 2.75) is 58.1 Å². The van der Waals surface area contributed by atoms with Gasteiger partial charge in [-0.1, -0.05) is 6.42 Å². The fourth-order valence-corrected chi connectivity index (χ4v) is 1.65. The Hall–Kier alpha value is -2.19. The standard InChI is InChI=1S/C13H23N3O6/c1-13(2,3)22-12(19)15-10(11(17)18)7-5-4-6-9(14)8-16(20)21/h10,14H,4-8H2,1-3H3,(H,15,19)(H,17,18)/p+1/t10-/m1/s1. The Morgan fingerprint density at radius 1 is 1.36 bits per heavy atom. The molecule has 1 atom stereocenters. The average Bonchev–Trinajstić information content (AvgIpc) is 2.29. The van der Waals surface area contributed by atoms with E-state index in [1.54, 1.807) is 20.8 Å². The largest absolute Gasteiger partial charge is 0.480 e. The van der Waals surface area contributed by atoms with Crippen LogP contribution in [-0.4, -0.2) is 46.0 Å². The molecular formula is C13H24N3O6+. The van der Waals surface area contributed by atoms with Crippen LogP contribution in [0.25, 0.3) is 0 Å². The van der Waals surface area contributed by atoms with E-state index in [4.69, 9.17) is 15.3 Å². The Morgan fingerprint density at radius 3 is 2.41 bits per heavy atom. The summed E-state index contributed by atoms with van der Waals surface area (Å²) in [7, 11) is 0. The van der Waals surface area contributed by atoms with Crippen LogP contribution in [0.1, 0.15) is 46.5 Å². The molecule has 0 aliphatic heterocycles. The first-order chi connectivity index (χ1) is 10.0. The first-order valence-electron chi connectivity index (χ1n) is 6.95. The molecule has 9 nitrogen and oxygen atoms in total. The Bertz CT molecular complexity index is 430. The van der Waals surface area contributed by atoms with Gasteiger partial charge in [0.15, 0.2) is 0 Å². The van der Waals surface area contributed by atoms with Gasteiger partial charge in [-0.2, -0.15) is 0 Å². The van der Waals surface area contributed by atoms with Crippen LogP contribution in [-0.2, 0) is 9.53 Å². The lowest BCUT2D eigenvalue weighted by Gasteiger charge is -2.21. The average molecular weight is 318 g/mol. The number of amides is 1. The molecule has 0 bridgehead atoms. The second kappa shape index (κ2) is 8.96. The molecule has 0 aliphatic carbocycles. The van der Waals surface area contributed by atoms with E-state index in [0.29, 0.717) is 19.3 Å². The molecule has 0 aromatic carbocycles. The quantitative estimate of drug-likeness (QED) is 0.236. The zero-order chi connectivity index (χ0) is 17.3. The SMILES string of the molecule is CC(C)(C)OC(=O)N[C@H](CCCCC(=[NH2+])C[N+](=O)[O-])C(=O)O. The van der Waals surface area contributed by atoms with Crippen LogP contribution >= 0.6 is 0 Å². The molecule has 1 amide bonds. The van der Waals surface area contributed by atoms with Crippen LogP contribution < -0.4 is 10.7 Å². The third-order valence-corrected chi connectivity index (χ3v) is 2.56. The Labute approximate surface area is 128 Å². The molecule has 0 aromatic heterocycles. The maximum Gasteiger partial charge on any atom is 0.408 e. The van der Waals surface area contributed by atoms with Crippen LogP contribution in [0.2, 0.25) is 0 Å². The lowest BCUT2D eigenvalue weighted by Crippen LogP contribution is -2.44. The number of carboxylic acid groups (broad SMARTS) is 1. The van der Waals surface area contributed by atoms with E-state index < -0.39 is 35.2 Å². The molecule has 0 unspecified atom stereocenters. The van der Waals surface area contributed by atoms with Gasteiger partial charge in [0.1, 0.15) is 11.6 Å². The number of nitrogens with zero attached hydrogens (tertiary/aromatic N) is 1. The minimum atomic E-state index is -1.16. The lowest BCUT2D eigenvalue weighted by molar-refractivity contribution is -0.467. The van der Waals surface area contributed by atoms with Gasteiger partial charge in [-0.25, -0.2) is 9.59 Å². The number of carboxylic acids is 1. The number of carbonyl (C=O) groups is 2. The molecule has 0 saturated carbocycles. The summed E-state index contributed by atoms with van der Waals surface area (Å²) < 4.78 is 4.99. The van der Waals surface area contributed by atoms with E-state index in [2.05, 4.69) is 5.32 Å². The fraction of sp³-hybridized carbons (Fsp3) is 0.769. The molecule has 0 heterocycles. The number of alkyl carbamates (subject to hydrolysis) is 1. The van der Waals surface area contributed by atoms with Crippen molar-refractivity contribution in [2.75, 3.05) is 6.54 Å². The van der Waals surface area contributed by atoms with Crippen molar-refractivity contribution in [1.29, 1.82) is 0 Å². The normalized spacial score (nSPS) is 12.3. The maximum atomic E-state index is 11.5. The van der Waals surface area contributed by atoms with Crippen LogP contribution in [0, 0.1) is 10.1 Å². The van der Waals surface area contributed by atoms with Gasteiger partial charge in [0.2, 0.25) is 5.71 Å². The number of hydrogen-bond acceptors (Lipinski definition) is 5. The Kier molecular flexibility index (Phi) is 8.06. The van der Waals surface area contributed by atoms with Gasteiger partial charge >= 0.3 is 12.1 Å². The van der Waals surface area contributed by atoms with Crippen LogP contribution in [0.15, 0.2) is 0 Å². The summed E-state index contributed by atoms with van der Waals surface area (Å²) in [6.07, 6.45) is 0.726. The van der Waals surface area contributed by atoms with Gasteiger partial charge in [-0.15, -0.1) is 0 Å². The number of nitro groups is 1. The van der Waals surface area contributed by atoms with E-state index in [1.807, 2.05) is 0 Å². The van der Waals surface area contributed by atoms with Gasteiger partial charge in [-0.3, -0.25) is 15.5 Å². The predicted octanol–water partition coefficient (Wildman–Crippen LogP) is 0.00150. The molecule has 0 aromatic rings. The second-order valence-corrected chi connectivity index (χ2v) is 5.93. The number of unbranched alkanes of at least 4 members (excludes halogenated alkanes) is 1. The van der Waals surface area contributed by atoms with Crippen LogP contribution in [0.4, 0.5) is 4.79 Å². The van der Waals surface area contributed by atoms with Gasteiger partial charge < -0.3 is 15.2 Å². The van der Waals surface area contributed by atoms with Gasteiger partial charge in [-0.05, 0) is 33.6 Å². The third kappa shape index (κ3) is 10.6. The molecule has 0 aliphatic rings. The molecule has 126 valence electrons. The van der Waals surface area contributed by atoms with E-state index >= 15 is 0 Å². The van der Waals surface area contributed by atoms with Gasteiger partial charge in [0.25, 0.3) is 6.54 Å². The highest BCUT2D eigenvalue weighted by Crippen LogP contribution is 2.09. The van der Waals surface area contributed by atoms with Crippen molar-refractivity contribution in [3.8, 4) is 0 Å². The number of rotatable bonds is 9. The first kappa shape index (κ1) is 19.8. The first-order valence-corrected chi connectivity index (χ1v) is 6.95. The summed E-state index contributed by atoms with van der Waals surface area (Å²) in [4.78, 5) is 32.4. The highest BCUT2D eigenvalue weighted by atomic mass is 16.6. The monoisotopic (exact) mass is 318 g/mol. The molecule has 0 spiro atoms. The Morgan fingerprint density at radius 2 is 1.95 bits per heavy atom. The zero-order valence-corrected chi connectivity index (χ0v) is 13.1. The van der Waals surface area contributed by atoms with E-state index in [0.717, 1.165) is 0 Å². The molecular weight excluding hydrogens is 294 g/mol. The highest BCUT2D eigenvalue weighted by molar-refractivity contribution is 5.80. The number of nitrogens with one attached hydrogen (secondary N) is 1. The highest BCUT2D eigenvalue weighted by Gasteiger charge is 2.23. The van der Waals surface area contributed by atoms with E-state index in [9.17, 15) is 19.7 Å². The summed E-state index contributed by atoms with van der Waals surface area (Å²) >= 11 is 0. The minimum Gasteiger partial charge on any atom is -0.480 e. The van der Waals surface area contributed by atoms with Crippen molar-refractivity contribution in [3.63, 3.8) is 0 Å². The molecule has 4 N–H and O–H groups in total. The predicted molar refractivity (Wildman–Crippen MR) is 78.1 cm³/mol. The third-order valence-electron chi connectivity index (χ3n) is 2.56. The number of hydrogen-bond donors (Lipinski definition) is 3. The Balaban J connectivity index is 4.16. The van der Waals surface area contributed by atoms with Crippen LogP contribution in [0.3, 0.4) is 0 Å². The fourth-order valence-electron chi connectivity index (χ4n) is 1.65. The van der Waals surface area contributed by atoms with Crippen molar-refractivity contribution in [1.82, 2.24) is 5.32 Å². The number of aliphatic carboxylic acids is 1. The molecule has 9 heteroatoms. The van der Waals surface area contributed by atoms with Gasteiger partial charge in [0.05, 0.1) is 0 Å². The number of ether oxygens (including phenoxy) is 1. The van der Waals surface area contributed by atoms with Crippen molar-refractivity contribution in [3.05, 3.63) is 10.1 Å². The summed E-state index contributed by atoms with van der Waals surface area (Å²) in [5.41, 5.74) is -0.462. The smallest absolute Gasteiger partial charge is 0.408 e. The molecule has 0 fully saturated rings. The van der Waals surface area contributed by atoms with Gasteiger partial charge in [0, 0.05) is 11.3 Å². The topological polar surface area (TPSA) is 144 Å². The summed E-state index contributed by atoms with van der Waals surface area (Å²) in [5, 5.41) is 27.1. The van der Waals surface area contributed by atoms with E-state index in [-0.39, 0.29) is 12.1 Å². The maximum absolute atomic E-state index is 11.5. The lowest BCUT2D eigenvalue weighted by atomic mass is 10.1. The number of nitrogens with two attached hydrogens (primary N) is 1. The second-order valence-electron chi connectivity index (χ2n) is 5.93.